The van der Waals surface area contributed by atoms with Crippen LogP contribution in [0.1, 0.15) is 26.5 Å². The van der Waals surface area contributed by atoms with E-state index in [2.05, 4.69) is 25.6 Å². The third-order valence-electron chi connectivity index (χ3n) is 3.22. The highest BCUT2D eigenvalue weighted by atomic mass is 19.1. The molecule has 0 radical (unpaired) electrons. The Morgan fingerprint density at radius 1 is 1.23 bits per heavy atom. The van der Waals surface area contributed by atoms with Crippen molar-refractivity contribution in [3.8, 4) is 5.75 Å². The molecular formula is C17H22FN5O3. The Morgan fingerprint density at radius 2 is 2.00 bits per heavy atom. The Labute approximate surface area is 151 Å². The SMILES string of the molecule is COCCOc1cnc(NC(C)=O)cc1Nc1cncc(C(C)(C)F)n1. The van der Waals surface area contributed by atoms with Gasteiger partial charge in [0.05, 0.1) is 36.6 Å². The molecule has 2 aromatic rings. The van der Waals surface area contributed by atoms with E-state index in [1.165, 1.54) is 39.4 Å². The molecule has 0 aromatic carbocycles. The number of carbonyl (C=O) groups excluding carboxylic acids is 1. The second kappa shape index (κ2) is 8.52. The highest BCUT2D eigenvalue weighted by molar-refractivity contribution is 5.88. The maximum atomic E-state index is 14.1. The Kier molecular flexibility index (Phi) is 6.40. The maximum Gasteiger partial charge on any atom is 0.222 e. The Morgan fingerprint density at radius 3 is 2.65 bits per heavy atom. The minimum Gasteiger partial charge on any atom is -0.487 e. The summed E-state index contributed by atoms with van der Waals surface area (Å²) in [4.78, 5) is 23.6. The summed E-state index contributed by atoms with van der Waals surface area (Å²) in [6.07, 6.45) is 4.31. The number of amides is 1. The number of halogens is 1. The number of hydrogen-bond donors (Lipinski definition) is 2. The lowest BCUT2D eigenvalue weighted by Crippen LogP contribution is -2.13. The van der Waals surface area contributed by atoms with Gasteiger partial charge in [-0.3, -0.25) is 9.78 Å². The van der Waals surface area contributed by atoms with E-state index in [0.29, 0.717) is 36.3 Å². The van der Waals surface area contributed by atoms with E-state index in [1.54, 1.807) is 13.2 Å². The van der Waals surface area contributed by atoms with Crippen LogP contribution in [0.4, 0.5) is 21.7 Å². The van der Waals surface area contributed by atoms with Gasteiger partial charge in [-0.05, 0) is 13.8 Å². The fourth-order valence-corrected chi connectivity index (χ4v) is 1.99. The van der Waals surface area contributed by atoms with Crippen LogP contribution < -0.4 is 15.4 Å². The van der Waals surface area contributed by atoms with Gasteiger partial charge in [0.2, 0.25) is 5.91 Å². The van der Waals surface area contributed by atoms with Crippen molar-refractivity contribution < 1.29 is 18.7 Å². The van der Waals surface area contributed by atoms with Gasteiger partial charge in [-0.15, -0.1) is 0 Å². The van der Waals surface area contributed by atoms with Gasteiger partial charge in [-0.2, -0.15) is 0 Å². The van der Waals surface area contributed by atoms with Crippen LogP contribution in [0.3, 0.4) is 0 Å². The fourth-order valence-electron chi connectivity index (χ4n) is 1.99. The van der Waals surface area contributed by atoms with Crippen LogP contribution in [0, 0.1) is 0 Å². The van der Waals surface area contributed by atoms with Gasteiger partial charge in [-0.25, -0.2) is 14.4 Å². The third-order valence-corrected chi connectivity index (χ3v) is 3.22. The number of anilines is 3. The van der Waals surface area contributed by atoms with Gasteiger partial charge in [0.1, 0.15) is 23.9 Å². The molecule has 0 aliphatic rings. The summed E-state index contributed by atoms with van der Waals surface area (Å²) in [5, 5.41) is 5.62. The first kappa shape index (κ1) is 19.5. The van der Waals surface area contributed by atoms with Gasteiger partial charge in [-0.1, -0.05) is 0 Å². The van der Waals surface area contributed by atoms with Crippen molar-refractivity contribution >= 4 is 23.2 Å². The number of methoxy groups -OCH3 is 1. The van der Waals surface area contributed by atoms with Crippen LogP contribution >= 0.6 is 0 Å². The highest BCUT2D eigenvalue weighted by Crippen LogP contribution is 2.30. The monoisotopic (exact) mass is 363 g/mol. The summed E-state index contributed by atoms with van der Waals surface area (Å²) >= 11 is 0. The molecule has 1 amide bonds. The molecule has 0 saturated carbocycles. The van der Waals surface area contributed by atoms with Crippen molar-refractivity contribution in [2.24, 2.45) is 0 Å². The van der Waals surface area contributed by atoms with Crippen molar-refractivity contribution in [1.29, 1.82) is 0 Å². The zero-order chi connectivity index (χ0) is 19.2. The zero-order valence-corrected chi connectivity index (χ0v) is 15.2. The minimum absolute atomic E-state index is 0.195. The number of nitrogens with zero attached hydrogens (tertiary/aromatic N) is 3. The molecule has 0 aliphatic carbocycles. The van der Waals surface area contributed by atoms with E-state index >= 15 is 0 Å². The van der Waals surface area contributed by atoms with Gasteiger partial charge in [0.25, 0.3) is 0 Å². The summed E-state index contributed by atoms with van der Waals surface area (Å²) in [5.41, 5.74) is -0.925. The van der Waals surface area contributed by atoms with Crippen molar-refractivity contribution in [3.05, 3.63) is 30.4 Å². The van der Waals surface area contributed by atoms with Crippen LogP contribution in [0.25, 0.3) is 0 Å². The summed E-state index contributed by atoms with van der Waals surface area (Å²) in [7, 11) is 1.57. The van der Waals surface area contributed by atoms with Crippen molar-refractivity contribution in [1.82, 2.24) is 15.0 Å². The predicted octanol–water partition coefficient (Wildman–Crippen LogP) is 2.80. The number of ether oxygens (including phenoxy) is 2. The summed E-state index contributed by atoms with van der Waals surface area (Å²) < 4.78 is 24.7. The van der Waals surface area contributed by atoms with Gasteiger partial charge in [0.15, 0.2) is 5.75 Å². The molecule has 0 aliphatic heterocycles. The van der Waals surface area contributed by atoms with Crippen molar-refractivity contribution in [2.45, 2.75) is 26.4 Å². The average molecular weight is 363 g/mol. The van der Waals surface area contributed by atoms with Crippen molar-refractivity contribution in [3.63, 3.8) is 0 Å². The van der Waals surface area contributed by atoms with Crippen LogP contribution in [0.5, 0.6) is 5.75 Å². The van der Waals surface area contributed by atoms with Gasteiger partial charge < -0.3 is 20.1 Å². The molecule has 140 valence electrons. The van der Waals surface area contributed by atoms with Gasteiger partial charge >= 0.3 is 0 Å². The molecule has 2 rings (SSSR count). The molecule has 0 fully saturated rings. The van der Waals surface area contributed by atoms with Crippen LogP contribution in [-0.4, -0.2) is 41.2 Å². The first-order valence-corrected chi connectivity index (χ1v) is 7.97. The lowest BCUT2D eigenvalue weighted by atomic mass is 10.1. The number of aromatic nitrogens is 3. The van der Waals surface area contributed by atoms with Crippen LogP contribution in [-0.2, 0) is 15.2 Å². The molecule has 26 heavy (non-hydrogen) atoms. The molecule has 2 heterocycles. The Balaban J connectivity index is 2.30. The Hall–Kier alpha value is -2.81. The minimum atomic E-state index is -1.62. The number of pyridine rings is 1. The normalized spacial score (nSPS) is 11.1. The third kappa shape index (κ3) is 5.62. The molecule has 2 aromatic heterocycles. The molecule has 0 atom stereocenters. The number of rotatable bonds is 8. The smallest absolute Gasteiger partial charge is 0.222 e. The summed E-state index contributed by atoms with van der Waals surface area (Å²) in [6.45, 7) is 4.91. The van der Waals surface area contributed by atoms with Gasteiger partial charge in [0, 0.05) is 20.1 Å². The highest BCUT2D eigenvalue weighted by Gasteiger charge is 2.21. The largest absolute Gasteiger partial charge is 0.487 e. The predicted molar refractivity (Wildman–Crippen MR) is 95.4 cm³/mol. The molecule has 0 spiro atoms. The van der Waals surface area contributed by atoms with E-state index in [-0.39, 0.29) is 11.6 Å². The first-order chi connectivity index (χ1) is 12.3. The molecule has 8 nitrogen and oxygen atoms in total. The second-order valence-corrected chi connectivity index (χ2v) is 5.98. The van der Waals surface area contributed by atoms with E-state index in [1.807, 2.05) is 0 Å². The number of nitrogens with one attached hydrogen (secondary N) is 2. The topological polar surface area (TPSA) is 98.3 Å². The number of alkyl halides is 1. The molecule has 2 N–H and O–H groups in total. The second-order valence-electron chi connectivity index (χ2n) is 5.98. The lowest BCUT2D eigenvalue weighted by Gasteiger charge is -2.16. The van der Waals surface area contributed by atoms with Crippen LogP contribution in [0.15, 0.2) is 24.7 Å². The molecule has 0 unspecified atom stereocenters. The fraction of sp³-hybridized carbons (Fsp3) is 0.412. The molecule has 0 saturated heterocycles. The zero-order valence-electron chi connectivity index (χ0n) is 15.2. The summed E-state index contributed by atoms with van der Waals surface area (Å²) in [5.74, 6) is 0.860. The van der Waals surface area contributed by atoms with E-state index in [0.717, 1.165) is 0 Å². The number of hydrogen-bond acceptors (Lipinski definition) is 7. The molecule has 9 heteroatoms. The lowest BCUT2D eigenvalue weighted by molar-refractivity contribution is -0.114. The maximum absolute atomic E-state index is 14.1. The Bertz CT molecular complexity index is 764. The van der Waals surface area contributed by atoms with E-state index in [9.17, 15) is 9.18 Å². The number of carbonyl (C=O) groups is 1. The van der Waals surface area contributed by atoms with Crippen LogP contribution in [0.2, 0.25) is 0 Å². The first-order valence-electron chi connectivity index (χ1n) is 7.97. The summed E-state index contributed by atoms with van der Waals surface area (Å²) in [6, 6.07) is 1.60. The quantitative estimate of drug-likeness (QED) is 0.696. The van der Waals surface area contributed by atoms with E-state index < -0.39 is 5.67 Å². The molecular weight excluding hydrogens is 341 g/mol. The van der Waals surface area contributed by atoms with E-state index in [4.69, 9.17) is 9.47 Å². The standard InChI is InChI=1S/C17H22FN5O3/c1-11(24)21-15-7-12(13(8-20-15)26-6-5-25-4)22-16-10-19-9-14(23-16)17(2,3)18/h7-10H,5-6H2,1-4H3,(H2,20,21,22,23,24). The average Bonchev–Trinajstić information content (AvgIpc) is 2.56. The molecule has 0 bridgehead atoms. The van der Waals surface area contributed by atoms with Crippen molar-refractivity contribution in [2.75, 3.05) is 31.0 Å².